The summed E-state index contributed by atoms with van der Waals surface area (Å²) in [6, 6.07) is 15.8. The Kier molecular flexibility index (Phi) is 5.75. The number of rotatable bonds is 7. The number of nitrogens with zero attached hydrogens (tertiary/aromatic N) is 4. The molecule has 26 heavy (non-hydrogen) atoms. The fraction of sp³-hybridized carbons (Fsp3) is 0.167. The molecule has 0 fully saturated rings. The van der Waals surface area contributed by atoms with E-state index in [9.17, 15) is 0 Å². The van der Waals surface area contributed by atoms with E-state index in [1.54, 1.807) is 13.3 Å². The van der Waals surface area contributed by atoms with Gasteiger partial charge >= 0.3 is 0 Å². The number of aryl methyl sites for hydroxylation is 1. The Morgan fingerprint density at radius 1 is 1.23 bits per heavy atom. The van der Waals surface area contributed by atoms with Crippen molar-refractivity contribution in [2.45, 2.75) is 17.8 Å². The van der Waals surface area contributed by atoms with Gasteiger partial charge in [-0.1, -0.05) is 48.2 Å². The normalized spacial score (nSPS) is 11.0. The van der Waals surface area contributed by atoms with Crippen LogP contribution in [-0.2, 0) is 5.75 Å². The van der Waals surface area contributed by atoms with Gasteiger partial charge in [0.2, 0.25) is 5.16 Å². The minimum atomic E-state index is 0.372. The lowest BCUT2D eigenvalue weighted by atomic mass is 10.1. The number of hydrogen-bond acceptors (Lipinski definition) is 7. The van der Waals surface area contributed by atoms with Gasteiger partial charge in [-0.2, -0.15) is 5.10 Å². The zero-order valence-electron chi connectivity index (χ0n) is 14.6. The van der Waals surface area contributed by atoms with Gasteiger partial charge in [-0.3, -0.25) is 0 Å². The van der Waals surface area contributed by atoms with Crippen LogP contribution in [0.15, 0.2) is 58.8 Å². The van der Waals surface area contributed by atoms with Gasteiger partial charge in [0.1, 0.15) is 5.75 Å². The molecule has 7 nitrogen and oxygen atoms in total. The highest BCUT2D eigenvalue weighted by molar-refractivity contribution is 7.98. The molecule has 0 radical (unpaired) electrons. The average molecular weight is 368 g/mol. The molecule has 0 aliphatic carbocycles. The lowest BCUT2D eigenvalue weighted by Crippen LogP contribution is -2.13. The first kappa shape index (κ1) is 17.8. The lowest BCUT2D eigenvalue weighted by molar-refractivity contribution is 0.415. The van der Waals surface area contributed by atoms with Crippen LogP contribution in [0.5, 0.6) is 5.75 Å². The van der Waals surface area contributed by atoms with Gasteiger partial charge in [0.15, 0.2) is 0 Å². The van der Waals surface area contributed by atoms with E-state index in [1.165, 1.54) is 27.6 Å². The number of aromatic nitrogens is 3. The van der Waals surface area contributed by atoms with E-state index in [0.717, 1.165) is 17.1 Å². The molecule has 0 aliphatic heterocycles. The molecular weight excluding hydrogens is 348 g/mol. The zero-order valence-corrected chi connectivity index (χ0v) is 15.4. The van der Waals surface area contributed by atoms with Crippen LogP contribution < -0.4 is 16.0 Å². The highest BCUT2D eigenvalue weighted by atomic mass is 32.2. The molecule has 134 valence electrons. The van der Waals surface area contributed by atoms with Crippen molar-refractivity contribution in [3.63, 3.8) is 0 Å². The quantitative estimate of drug-likeness (QED) is 0.288. The van der Waals surface area contributed by atoms with Crippen LogP contribution in [0.3, 0.4) is 0 Å². The van der Waals surface area contributed by atoms with Gasteiger partial charge in [-0.15, -0.1) is 10.2 Å². The number of benzene rings is 2. The van der Waals surface area contributed by atoms with Crippen molar-refractivity contribution in [1.29, 1.82) is 0 Å². The van der Waals surface area contributed by atoms with E-state index >= 15 is 0 Å². The Balaban J connectivity index is 1.61. The van der Waals surface area contributed by atoms with E-state index in [4.69, 9.17) is 10.6 Å². The zero-order chi connectivity index (χ0) is 18.4. The maximum atomic E-state index is 6.05. The Bertz CT molecular complexity index is 908. The number of nitrogen functional groups attached to an aromatic ring is 1. The number of thioether (sulfide) groups is 1. The summed E-state index contributed by atoms with van der Waals surface area (Å²) in [6.45, 7) is 2.09. The minimum absolute atomic E-state index is 0.372. The van der Waals surface area contributed by atoms with Crippen molar-refractivity contribution in [2.75, 3.05) is 18.4 Å². The molecule has 0 aliphatic rings. The predicted octanol–water partition coefficient (Wildman–Crippen LogP) is 3.05. The number of anilines is 1. The molecule has 0 bridgehead atoms. The number of ether oxygens (including phenoxy) is 1. The molecule has 0 spiro atoms. The van der Waals surface area contributed by atoms with Crippen LogP contribution in [0.1, 0.15) is 16.7 Å². The lowest BCUT2D eigenvalue weighted by Gasteiger charge is -2.05. The first-order valence-corrected chi connectivity index (χ1v) is 8.97. The van der Waals surface area contributed by atoms with Gasteiger partial charge in [0.05, 0.1) is 13.3 Å². The maximum absolute atomic E-state index is 6.05. The number of hydrogen-bond donors (Lipinski definition) is 2. The van der Waals surface area contributed by atoms with Crippen molar-refractivity contribution in [2.24, 2.45) is 5.10 Å². The third kappa shape index (κ3) is 4.34. The Morgan fingerprint density at radius 2 is 2.08 bits per heavy atom. The van der Waals surface area contributed by atoms with E-state index in [1.807, 2.05) is 36.4 Å². The highest BCUT2D eigenvalue weighted by Gasteiger charge is 2.10. The van der Waals surface area contributed by atoms with Crippen LogP contribution in [0, 0.1) is 6.92 Å². The molecule has 2 aromatic carbocycles. The van der Waals surface area contributed by atoms with E-state index < -0.39 is 0 Å². The molecule has 3 rings (SSSR count). The fourth-order valence-corrected chi connectivity index (χ4v) is 3.19. The number of methoxy groups -OCH3 is 1. The summed E-state index contributed by atoms with van der Waals surface area (Å²) in [5.41, 5.74) is 6.19. The van der Waals surface area contributed by atoms with E-state index in [0.29, 0.717) is 11.1 Å². The third-order valence-electron chi connectivity index (χ3n) is 3.75. The molecule has 8 heteroatoms. The van der Waals surface area contributed by atoms with Crippen LogP contribution in [0.2, 0.25) is 0 Å². The van der Waals surface area contributed by atoms with Gasteiger partial charge in [-0.05, 0) is 35.7 Å². The van der Waals surface area contributed by atoms with Crippen molar-refractivity contribution in [3.8, 4) is 5.75 Å². The molecule has 3 N–H and O–H groups in total. The summed E-state index contributed by atoms with van der Waals surface area (Å²) in [5, 5.41) is 12.9. The second-order valence-corrected chi connectivity index (χ2v) is 6.48. The Labute approximate surface area is 156 Å². The summed E-state index contributed by atoms with van der Waals surface area (Å²) in [5.74, 6) is 7.96. The fourth-order valence-electron chi connectivity index (χ4n) is 2.25. The van der Waals surface area contributed by atoms with Crippen molar-refractivity contribution in [1.82, 2.24) is 14.9 Å². The molecule has 0 saturated heterocycles. The summed E-state index contributed by atoms with van der Waals surface area (Å²) >= 11 is 1.53. The number of nitrogens with two attached hydrogens (primary N) is 1. The molecule has 0 atom stereocenters. The Hall–Kier alpha value is -3.00. The first-order valence-electron chi connectivity index (χ1n) is 7.98. The summed E-state index contributed by atoms with van der Waals surface area (Å²) in [6.07, 6.45) is 1.66. The minimum Gasteiger partial charge on any atom is -0.497 e. The van der Waals surface area contributed by atoms with Gasteiger partial charge in [0.25, 0.3) is 5.95 Å². The molecule has 3 aromatic rings. The van der Waals surface area contributed by atoms with Crippen LogP contribution in [-0.4, -0.2) is 28.2 Å². The highest BCUT2D eigenvalue weighted by Crippen LogP contribution is 2.23. The van der Waals surface area contributed by atoms with Gasteiger partial charge in [-0.25, -0.2) is 10.1 Å². The summed E-state index contributed by atoms with van der Waals surface area (Å²) in [7, 11) is 1.63. The van der Waals surface area contributed by atoms with Crippen LogP contribution in [0.25, 0.3) is 0 Å². The Morgan fingerprint density at radius 3 is 2.88 bits per heavy atom. The predicted molar refractivity (Wildman–Crippen MR) is 105 cm³/mol. The first-order chi connectivity index (χ1) is 12.7. The molecule has 0 saturated carbocycles. The third-order valence-corrected chi connectivity index (χ3v) is 4.75. The van der Waals surface area contributed by atoms with Gasteiger partial charge < -0.3 is 10.6 Å². The number of nitrogens with one attached hydrogen (secondary N) is 1. The van der Waals surface area contributed by atoms with E-state index in [-0.39, 0.29) is 0 Å². The standard InChI is InChI=1S/C18H20N6OS/c1-13-6-3-4-8-15(13)12-26-18-23-22-17(24(18)19)21-20-11-14-7-5-9-16(10-14)25-2/h3-11H,12,19H2,1-2H3,(H,21,22)/b20-11+. The van der Waals surface area contributed by atoms with Gasteiger partial charge in [0, 0.05) is 5.75 Å². The monoisotopic (exact) mass is 368 g/mol. The van der Waals surface area contributed by atoms with Crippen molar-refractivity contribution in [3.05, 3.63) is 65.2 Å². The van der Waals surface area contributed by atoms with Crippen LogP contribution >= 0.6 is 11.8 Å². The maximum Gasteiger partial charge on any atom is 0.264 e. The summed E-state index contributed by atoms with van der Waals surface area (Å²) < 4.78 is 6.58. The average Bonchev–Trinajstić information content (AvgIpc) is 3.01. The van der Waals surface area contributed by atoms with Crippen molar-refractivity contribution < 1.29 is 4.74 Å². The molecular formula is C18H20N6OS. The summed E-state index contributed by atoms with van der Waals surface area (Å²) in [4.78, 5) is 0. The molecule has 0 unspecified atom stereocenters. The smallest absolute Gasteiger partial charge is 0.264 e. The molecule has 0 amide bonds. The molecule has 1 heterocycles. The largest absolute Gasteiger partial charge is 0.497 e. The van der Waals surface area contributed by atoms with Crippen molar-refractivity contribution >= 4 is 23.9 Å². The van der Waals surface area contributed by atoms with E-state index in [2.05, 4.69) is 39.8 Å². The van der Waals surface area contributed by atoms with Crippen LogP contribution in [0.4, 0.5) is 5.95 Å². The number of hydrazone groups is 1. The topological polar surface area (TPSA) is 90.3 Å². The second kappa shape index (κ2) is 8.39. The molecule has 1 aromatic heterocycles. The second-order valence-electron chi connectivity index (χ2n) is 5.54. The SMILES string of the molecule is COc1cccc(/C=N/Nc2nnc(SCc3ccccc3C)n2N)c1.